The van der Waals surface area contributed by atoms with Gasteiger partial charge in [-0.25, -0.2) is 0 Å². The molecule has 2 atom stereocenters. The molecule has 0 bridgehead atoms. The Morgan fingerprint density at radius 3 is 2.62 bits per heavy atom. The first-order chi connectivity index (χ1) is 10.2. The summed E-state index contributed by atoms with van der Waals surface area (Å²) in [6.07, 6.45) is 6.58. The number of nitrogens with zero attached hydrogens (tertiary/aromatic N) is 2. The molecule has 0 spiro atoms. The van der Waals surface area contributed by atoms with Gasteiger partial charge in [0.25, 0.3) is 0 Å². The van der Waals surface area contributed by atoms with E-state index in [1.54, 1.807) is 0 Å². The molecule has 0 aliphatic rings. The number of hydrogen-bond acceptors (Lipinski definition) is 2. The molecule has 0 saturated heterocycles. The Morgan fingerprint density at radius 1 is 1.14 bits per heavy atom. The van der Waals surface area contributed by atoms with Crippen molar-refractivity contribution >= 4 is 0 Å². The Bertz CT molecular complexity index is 518. The molecule has 21 heavy (non-hydrogen) atoms. The van der Waals surface area contributed by atoms with Crippen LogP contribution in [0, 0.1) is 5.92 Å². The summed E-state index contributed by atoms with van der Waals surface area (Å²) in [4.78, 5) is 0. The van der Waals surface area contributed by atoms with Crippen LogP contribution >= 0.6 is 0 Å². The van der Waals surface area contributed by atoms with E-state index in [1.165, 1.54) is 24.0 Å². The van der Waals surface area contributed by atoms with E-state index in [2.05, 4.69) is 61.6 Å². The van der Waals surface area contributed by atoms with Gasteiger partial charge in [-0.2, -0.15) is 5.10 Å². The van der Waals surface area contributed by atoms with Gasteiger partial charge in [0, 0.05) is 24.3 Å². The van der Waals surface area contributed by atoms with E-state index in [-0.39, 0.29) is 0 Å². The fourth-order valence-electron chi connectivity index (χ4n) is 2.50. The Kier molecular flexibility index (Phi) is 6.00. The Balaban J connectivity index is 1.80. The van der Waals surface area contributed by atoms with Gasteiger partial charge in [-0.3, -0.25) is 4.68 Å². The predicted molar refractivity (Wildman–Crippen MR) is 88.1 cm³/mol. The normalized spacial score (nSPS) is 14.0. The summed E-state index contributed by atoms with van der Waals surface area (Å²) in [6.45, 7) is 8.57. The second-order valence-corrected chi connectivity index (χ2v) is 6.06. The van der Waals surface area contributed by atoms with E-state index in [1.807, 2.05) is 16.9 Å². The van der Waals surface area contributed by atoms with E-state index in [0.717, 1.165) is 19.0 Å². The molecule has 2 aromatic rings. The minimum absolute atomic E-state index is 0.553. The van der Waals surface area contributed by atoms with E-state index >= 15 is 0 Å². The van der Waals surface area contributed by atoms with Crippen LogP contribution in [0.25, 0.3) is 0 Å². The first-order valence-electron chi connectivity index (χ1n) is 7.96. The van der Waals surface area contributed by atoms with E-state index < -0.39 is 0 Å². The number of nitrogens with one attached hydrogen (secondary N) is 1. The third kappa shape index (κ3) is 5.35. The van der Waals surface area contributed by atoms with Crippen LogP contribution in [0.4, 0.5) is 0 Å². The monoisotopic (exact) mass is 285 g/mol. The van der Waals surface area contributed by atoms with Crippen molar-refractivity contribution in [3.8, 4) is 0 Å². The van der Waals surface area contributed by atoms with Gasteiger partial charge in [0.05, 0.1) is 12.7 Å². The first-order valence-corrected chi connectivity index (χ1v) is 7.96. The highest BCUT2D eigenvalue weighted by atomic mass is 15.3. The summed E-state index contributed by atoms with van der Waals surface area (Å²) >= 11 is 0. The molecule has 0 aliphatic carbocycles. The molecule has 1 heterocycles. The van der Waals surface area contributed by atoms with Crippen LogP contribution in [0.15, 0.2) is 42.7 Å². The molecule has 0 fully saturated rings. The lowest BCUT2D eigenvalue weighted by Crippen LogP contribution is -2.27. The summed E-state index contributed by atoms with van der Waals surface area (Å²) in [7, 11) is 0. The van der Waals surface area contributed by atoms with Crippen LogP contribution in [0.5, 0.6) is 0 Å². The zero-order valence-electron chi connectivity index (χ0n) is 13.4. The minimum Gasteiger partial charge on any atom is -0.310 e. The molecule has 3 heteroatoms. The van der Waals surface area contributed by atoms with Crippen molar-refractivity contribution in [3.05, 3.63) is 53.9 Å². The molecule has 0 saturated carbocycles. The zero-order valence-corrected chi connectivity index (χ0v) is 13.4. The van der Waals surface area contributed by atoms with Crippen LogP contribution in [-0.2, 0) is 13.1 Å². The van der Waals surface area contributed by atoms with Crippen LogP contribution in [0.3, 0.4) is 0 Å². The number of aromatic nitrogens is 2. The van der Waals surface area contributed by atoms with Gasteiger partial charge in [0.15, 0.2) is 0 Å². The van der Waals surface area contributed by atoms with Crippen molar-refractivity contribution in [1.82, 2.24) is 15.1 Å². The predicted octanol–water partition coefficient (Wildman–Crippen LogP) is 3.85. The molecule has 2 unspecified atom stereocenters. The quantitative estimate of drug-likeness (QED) is 0.798. The summed E-state index contributed by atoms with van der Waals surface area (Å²) < 4.78 is 2.01. The molecular formula is C18H27N3. The molecule has 3 nitrogen and oxygen atoms in total. The molecule has 0 aliphatic heterocycles. The second kappa shape index (κ2) is 7.99. The smallest absolute Gasteiger partial charge is 0.0659 e. The van der Waals surface area contributed by atoms with Crippen LogP contribution in [0.1, 0.15) is 44.7 Å². The maximum absolute atomic E-state index is 4.44. The Hall–Kier alpha value is -1.61. The molecule has 1 aromatic carbocycles. The third-order valence-electron chi connectivity index (χ3n) is 3.98. The SMILES string of the molecule is CCC(C)CC(C)NCc1cnn(Cc2ccccc2)c1. The van der Waals surface area contributed by atoms with Crippen LogP contribution in [0.2, 0.25) is 0 Å². The molecule has 1 aromatic heterocycles. The van der Waals surface area contributed by atoms with Gasteiger partial charge in [-0.1, -0.05) is 50.6 Å². The van der Waals surface area contributed by atoms with Gasteiger partial charge in [0.1, 0.15) is 0 Å². The minimum atomic E-state index is 0.553. The van der Waals surface area contributed by atoms with Crippen LogP contribution < -0.4 is 5.32 Å². The average Bonchev–Trinajstić information content (AvgIpc) is 2.93. The number of hydrogen-bond donors (Lipinski definition) is 1. The summed E-state index contributed by atoms with van der Waals surface area (Å²) in [5.74, 6) is 0.785. The summed E-state index contributed by atoms with van der Waals surface area (Å²) in [6, 6.07) is 11.0. The fraction of sp³-hybridized carbons (Fsp3) is 0.500. The lowest BCUT2D eigenvalue weighted by atomic mass is 10.0. The van der Waals surface area contributed by atoms with Gasteiger partial charge in [-0.15, -0.1) is 0 Å². The lowest BCUT2D eigenvalue weighted by Gasteiger charge is -2.16. The van der Waals surface area contributed by atoms with Crippen molar-refractivity contribution in [3.63, 3.8) is 0 Å². The Morgan fingerprint density at radius 2 is 1.90 bits per heavy atom. The Labute approximate surface area is 128 Å². The largest absolute Gasteiger partial charge is 0.310 e. The van der Waals surface area contributed by atoms with Crippen molar-refractivity contribution in [1.29, 1.82) is 0 Å². The molecule has 114 valence electrons. The van der Waals surface area contributed by atoms with Crippen molar-refractivity contribution in [2.24, 2.45) is 5.92 Å². The molecule has 1 N–H and O–H groups in total. The van der Waals surface area contributed by atoms with Gasteiger partial charge in [-0.05, 0) is 24.8 Å². The first kappa shape index (κ1) is 15.8. The maximum atomic E-state index is 4.44. The highest BCUT2D eigenvalue weighted by Gasteiger charge is 2.07. The van der Waals surface area contributed by atoms with Crippen LogP contribution in [-0.4, -0.2) is 15.8 Å². The fourth-order valence-corrected chi connectivity index (χ4v) is 2.50. The maximum Gasteiger partial charge on any atom is 0.0659 e. The molecular weight excluding hydrogens is 258 g/mol. The van der Waals surface area contributed by atoms with Crippen molar-refractivity contribution in [2.45, 2.75) is 52.7 Å². The lowest BCUT2D eigenvalue weighted by molar-refractivity contribution is 0.412. The van der Waals surface area contributed by atoms with Crippen molar-refractivity contribution < 1.29 is 0 Å². The van der Waals surface area contributed by atoms with Gasteiger partial charge in [0.2, 0.25) is 0 Å². The molecule has 0 radical (unpaired) electrons. The third-order valence-corrected chi connectivity index (χ3v) is 3.98. The number of rotatable bonds is 8. The van der Waals surface area contributed by atoms with Gasteiger partial charge >= 0.3 is 0 Å². The van der Waals surface area contributed by atoms with Gasteiger partial charge < -0.3 is 5.32 Å². The molecule has 0 amide bonds. The van der Waals surface area contributed by atoms with E-state index in [9.17, 15) is 0 Å². The van der Waals surface area contributed by atoms with E-state index in [4.69, 9.17) is 0 Å². The standard InChI is InChI=1S/C18H27N3/c1-4-15(2)10-16(3)19-11-18-12-20-21(14-18)13-17-8-6-5-7-9-17/h5-9,12,14-16,19H,4,10-11,13H2,1-3H3. The highest BCUT2D eigenvalue weighted by Crippen LogP contribution is 2.10. The van der Waals surface area contributed by atoms with Crippen molar-refractivity contribution in [2.75, 3.05) is 0 Å². The average molecular weight is 285 g/mol. The topological polar surface area (TPSA) is 29.9 Å². The number of benzene rings is 1. The summed E-state index contributed by atoms with van der Waals surface area (Å²) in [5.41, 5.74) is 2.53. The summed E-state index contributed by atoms with van der Waals surface area (Å²) in [5, 5.41) is 8.03. The van der Waals surface area contributed by atoms with E-state index in [0.29, 0.717) is 6.04 Å². The zero-order chi connectivity index (χ0) is 15.1. The second-order valence-electron chi connectivity index (χ2n) is 6.06. The highest BCUT2D eigenvalue weighted by molar-refractivity contribution is 5.15. The molecule has 2 rings (SSSR count).